The van der Waals surface area contributed by atoms with Crippen LogP contribution in [-0.2, 0) is 6.54 Å². The maximum atomic E-state index is 4.14. The molecule has 0 bridgehead atoms. The van der Waals surface area contributed by atoms with Crippen molar-refractivity contribution in [3.05, 3.63) is 37.4 Å². The molecule has 5 nitrogen and oxygen atoms in total. The van der Waals surface area contributed by atoms with Crippen molar-refractivity contribution < 1.29 is 27.3 Å². The highest BCUT2D eigenvalue weighted by Gasteiger charge is 2.18. The molecular weight excluding hydrogens is 318 g/mol. The molecule has 2 aromatic rings. The fraction of sp³-hybridized carbons (Fsp3) is 0.571. The van der Waals surface area contributed by atoms with Crippen molar-refractivity contribution in [1.82, 2.24) is 14.1 Å². The van der Waals surface area contributed by atoms with Crippen LogP contribution in [0.4, 0.5) is 0 Å². The quantitative estimate of drug-likeness (QED) is 0.571. The Balaban J connectivity index is 0.00000200. The van der Waals surface area contributed by atoms with Crippen molar-refractivity contribution in [3.8, 4) is 0 Å². The van der Waals surface area contributed by atoms with Gasteiger partial charge in [0, 0.05) is 24.9 Å². The minimum absolute atomic E-state index is 0. The Bertz CT molecular complexity index is 479. The number of halogens is 1. The SMILES string of the molecule is CCC(CC(C)n1cc[n+](CC[NH3+])c1)n1ccnc1.[Br-]. The summed E-state index contributed by atoms with van der Waals surface area (Å²) in [5.41, 5.74) is 3.89. The van der Waals surface area contributed by atoms with E-state index < -0.39 is 0 Å². The number of quaternary nitrogens is 1. The van der Waals surface area contributed by atoms with Crippen molar-refractivity contribution in [3.63, 3.8) is 0 Å². The van der Waals surface area contributed by atoms with E-state index in [4.69, 9.17) is 0 Å². The first-order chi connectivity index (χ1) is 9.24. The highest BCUT2D eigenvalue weighted by Crippen LogP contribution is 2.23. The summed E-state index contributed by atoms with van der Waals surface area (Å²) in [5, 5.41) is 0. The molecule has 0 saturated heterocycles. The minimum Gasteiger partial charge on any atom is -1.00 e. The molecule has 0 aliphatic carbocycles. The molecule has 0 fully saturated rings. The summed E-state index contributed by atoms with van der Waals surface area (Å²) in [6.45, 7) is 6.41. The molecule has 2 heterocycles. The van der Waals surface area contributed by atoms with Gasteiger partial charge in [-0.2, -0.15) is 0 Å². The van der Waals surface area contributed by atoms with Gasteiger partial charge >= 0.3 is 0 Å². The Kier molecular flexibility index (Phi) is 6.95. The van der Waals surface area contributed by atoms with Crippen molar-refractivity contribution >= 4 is 0 Å². The van der Waals surface area contributed by atoms with Crippen LogP contribution in [-0.4, -0.2) is 20.7 Å². The van der Waals surface area contributed by atoms with E-state index in [1.54, 1.807) is 0 Å². The molecule has 0 spiro atoms. The molecule has 0 saturated carbocycles. The van der Waals surface area contributed by atoms with Gasteiger partial charge in [0.2, 0.25) is 6.33 Å². The maximum absolute atomic E-state index is 4.14. The van der Waals surface area contributed by atoms with E-state index in [9.17, 15) is 0 Å². The standard InChI is InChI=1S/C14H24N5.BrH/c1-3-14(18-7-5-16-11-18)10-13(2)19-9-8-17(12-19)6-4-15;/h5,7-9,11-14H,3-4,6,10,15H2,1-2H3;1H/q+1;. The lowest BCUT2D eigenvalue weighted by atomic mass is 10.1. The lowest BCUT2D eigenvalue weighted by Crippen LogP contribution is -3.00. The van der Waals surface area contributed by atoms with E-state index in [-0.39, 0.29) is 17.0 Å². The summed E-state index contributed by atoms with van der Waals surface area (Å²) in [6.07, 6.45) is 14.5. The Hall–Kier alpha value is -1.14. The molecule has 0 aliphatic rings. The number of rotatable bonds is 7. The molecular formula is C14H25BrN5+. The van der Waals surface area contributed by atoms with Gasteiger partial charge in [-0.25, -0.2) is 14.1 Å². The first-order valence-electron chi connectivity index (χ1n) is 7.07. The molecule has 0 aromatic carbocycles. The average molecular weight is 343 g/mol. The molecule has 6 heteroatoms. The summed E-state index contributed by atoms with van der Waals surface area (Å²) in [5.74, 6) is 0. The molecule has 3 N–H and O–H groups in total. The van der Waals surface area contributed by atoms with Gasteiger partial charge in [0.1, 0.15) is 25.5 Å². The third-order valence-corrected chi connectivity index (χ3v) is 3.67. The second-order valence-corrected chi connectivity index (χ2v) is 5.11. The van der Waals surface area contributed by atoms with Crippen molar-refractivity contribution in [2.45, 2.75) is 45.3 Å². The van der Waals surface area contributed by atoms with Gasteiger partial charge in [0.15, 0.2) is 0 Å². The van der Waals surface area contributed by atoms with E-state index in [0.717, 1.165) is 25.9 Å². The van der Waals surface area contributed by atoms with Gasteiger partial charge in [-0.3, -0.25) is 0 Å². The normalized spacial score (nSPS) is 13.8. The first-order valence-corrected chi connectivity index (χ1v) is 7.07. The highest BCUT2D eigenvalue weighted by molar-refractivity contribution is 4.83. The highest BCUT2D eigenvalue weighted by atomic mass is 79.9. The van der Waals surface area contributed by atoms with Gasteiger partial charge in [0.25, 0.3) is 0 Å². The third kappa shape index (κ3) is 4.18. The molecule has 2 unspecified atom stereocenters. The van der Waals surface area contributed by atoms with Crippen LogP contribution in [0, 0.1) is 0 Å². The first kappa shape index (κ1) is 16.9. The predicted molar refractivity (Wildman–Crippen MR) is 73.3 cm³/mol. The summed E-state index contributed by atoms with van der Waals surface area (Å²) >= 11 is 0. The average Bonchev–Trinajstić information content (AvgIpc) is 3.07. The Labute approximate surface area is 131 Å². The Morgan fingerprint density at radius 1 is 1.30 bits per heavy atom. The molecule has 2 rings (SSSR count). The lowest BCUT2D eigenvalue weighted by molar-refractivity contribution is -0.711. The number of hydrogen-bond acceptors (Lipinski definition) is 1. The number of nitrogens with zero attached hydrogens (tertiary/aromatic N) is 4. The topological polar surface area (TPSA) is 54.3 Å². The molecule has 0 aliphatic heterocycles. The largest absolute Gasteiger partial charge is 1.00 e. The van der Waals surface area contributed by atoms with Crippen LogP contribution in [0.2, 0.25) is 0 Å². The van der Waals surface area contributed by atoms with Crippen molar-refractivity contribution in [2.24, 2.45) is 0 Å². The van der Waals surface area contributed by atoms with Crippen LogP contribution >= 0.6 is 0 Å². The fourth-order valence-electron chi connectivity index (χ4n) is 2.49. The molecule has 2 atom stereocenters. The van der Waals surface area contributed by atoms with E-state index in [0.29, 0.717) is 12.1 Å². The van der Waals surface area contributed by atoms with Crippen LogP contribution in [0.15, 0.2) is 37.4 Å². The van der Waals surface area contributed by atoms with Crippen LogP contribution in [0.25, 0.3) is 0 Å². The van der Waals surface area contributed by atoms with Crippen molar-refractivity contribution in [2.75, 3.05) is 6.54 Å². The summed E-state index contributed by atoms with van der Waals surface area (Å²) < 4.78 is 6.70. The second kappa shape index (κ2) is 8.21. The predicted octanol–water partition coefficient (Wildman–Crippen LogP) is -2.18. The zero-order chi connectivity index (χ0) is 13.7. The number of hydrogen-bond donors (Lipinski definition) is 1. The van der Waals surface area contributed by atoms with E-state index in [1.165, 1.54) is 0 Å². The monoisotopic (exact) mass is 342 g/mol. The second-order valence-electron chi connectivity index (χ2n) is 5.11. The summed E-state index contributed by atoms with van der Waals surface area (Å²) in [7, 11) is 0. The lowest BCUT2D eigenvalue weighted by Gasteiger charge is -2.19. The van der Waals surface area contributed by atoms with E-state index in [1.807, 2.05) is 12.5 Å². The Morgan fingerprint density at radius 3 is 2.70 bits per heavy atom. The molecule has 0 radical (unpaired) electrons. The molecule has 2 aromatic heterocycles. The van der Waals surface area contributed by atoms with Gasteiger partial charge in [-0.1, -0.05) is 6.92 Å². The van der Waals surface area contributed by atoms with E-state index in [2.05, 4.69) is 63.2 Å². The van der Waals surface area contributed by atoms with Crippen molar-refractivity contribution in [1.29, 1.82) is 0 Å². The molecule has 20 heavy (non-hydrogen) atoms. The van der Waals surface area contributed by atoms with Crippen LogP contribution in [0.3, 0.4) is 0 Å². The number of imidazole rings is 2. The summed E-state index contributed by atoms with van der Waals surface area (Å²) in [4.78, 5) is 4.14. The minimum atomic E-state index is 0. The Morgan fingerprint density at radius 2 is 2.10 bits per heavy atom. The van der Waals surface area contributed by atoms with Gasteiger partial charge in [-0.05, 0) is 13.3 Å². The summed E-state index contributed by atoms with van der Waals surface area (Å²) in [6, 6.07) is 1.000. The van der Waals surface area contributed by atoms with Crippen LogP contribution in [0.5, 0.6) is 0 Å². The molecule has 0 amide bonds. The fourth-order valence-corrected chi connectivity index (χ4v) is 2.49. The zero-order valence-corrected chi connectivity index (χ0v) is 13.9. The van der Waals surface area contributed by atoms with Gasteiger partial charge in [0.05, 0.1) is 12.4 Å². The number of aromatic nitrogens is 4. The van der Waals surface area contributed by atoms with E-state index >= 15 is 0 Å². The van der Waals surface area contributed by atoms with Crippen LogP contribution in [0.1, 0.15) is 38.8 Å². The molecule has 112 valence electrons. The van der Waals surface area contributed by atoms with Crippen LogP contribution < -0.4 is 27.3 Å². The van der Waals surface area contributed by atoms with Gasteiger partial charge < -0.3 is 27.3 Å². The third-order valence-electron chi connectivity index (χ3n) is 3.67. The maximum Gasteiger partial charge on any atom is 0.244 e. The zero-order valence-electron chi connectivity index (χ0n) is 12.3. The smallest absolute Gasteiger partial charge is 0.244 e. The van der Waals surface area contributed by atoms with Gasteiger partial charge in [-0.15, -0.1) is 0 Å².